The van der Waals surface area contributed by atoms with Crippen molar-refractivity contribution in [3.8, 4) is 11.1 Å². The van der Waals surface area contributed by atoms with Crippen LogP contribution in [-0.2, 0) is 10.0 Å². The van der Waals surface area contributed by atoms with Gasteiger partial charge in [0, 0.05) is 55.9 Å². The van der Waals surface area contributed by atoms with Crippen molar-refractivity contribution in [2.24, 2.45) is 5.92 Å². The maximum atomic E-state index is 13.0. The fourth-order valence-corrected chi connectivity index (χ4v) is 7.37. The summed E-state index contributed by atoms with van der Waals surface area (Å²) in [5.74, 6) is 0.929. The van der Waals surface area contributed by atoms with Crippen LogP contribution in [0, 0.1) is 5.92 Å². The number of pyridine rings is 1. The van der Waals surface area contributed by atoms with Gasteiger partial charge < -0.3 is 16.2 Å². The molecule has 39 heavy (non-hydrogen) atoms. The number of carbonyl (C=O) groups is 1. The molecular formula is C29H41N5O4S. The summed E-state index contributed by atoms with van der Waals surface area (Å²) in [5.41, 5.74) is 9.57. The van der Waals surface area contributed by atoms with Crippen molar-refractivity contribution in [1.82, 2.24) is 19.5 Å². The zero-order valence-electron chi connectivity index (χ0n) is 22.9. The fraction of sp³-hybridized carbons (Fsp3) is 0.586. The van der Waals surface area contributed by atoms with E-state index in [-0.39, 0.29) is 23.9 Å². The first-order valence-electron chi connectivity index (χ1n) is 14.1. The molecule has 5 rings (SSSR count). The van der Waals surface area contributed by atoms with Crippen LogP contribution < -0.4 is 11.1 Å². The average Bonchev–Trinajstić information content (AvgIpc) is 3.31. The van der Waals surface area contributed by atoms with Crippen LogP contribution in [0.2, 0.25) is 0 Å². The second kappa shape index (κ2) is 11.5. The molecular weight excluding hydrogens is 514 g/mol. The molecule has 9 nitrogen and oxygen atoms in total. The number of likely N-dealkylation sites (tertiary alicyclic amines) is 1. The molecule has 0 bridgehead atoms. The van der Waals surface area contributed by atoms with Gasteiger partial charge in [-0.3, -0.25) is 9.69 Å². The molecule has 0 unspecified atom stereocenters. The summed E-state index contributed by atoms with van der Waals surface area (Å²) in [6.45, 7) is 5.51. The topological polar surface area (TPSA) is 129 Å². The highest BCUT2D eigenvalue weighted by Gasteiger charge is 2.36. The van der Waals surface area contributed by atoms with Crippen molar-refractivity contribution >= 4 is 21.7 Å². The van der Waals surface area contributed by atoms with Gasteiger partial charge in [-0.1, -0.05) is 31.2 Å². The van der Waals surface area contributed by atoms with Gasteiger partial charge in [0.2, 0.25) is 10.0 Å². The van der Waals surface area contributed by atoms with Crippen LogP contribution in [0.4, 0.5) is 5.82 Å². The number of carbonyl (C=O) groups excluding carboxylic acids is 1. The molecule has 3 fully saturated rings. The molecule has 1 saturated carbocycles. The molecule has 0 spiro atoms. The van der Waals surface area contributed by atoms with Gasteiger partial charge in [0.05, 0.1) is 17.9 Å². The smallest absolute Gasteiger partial charge is 0.255 e. The summed E-state index contributed by atoms with van der Waals surface area (Å²) in [6, 6.07) is 10.8. The summed E-state index contributed by atoms with van der Waals surface area (Å²) in [4.78, 5) is 19.8. The van der Waals surface area contributed by atoms with Crippen LogP contribution in [0.25, 0.3) is 11.1 Å². The summed E-state index contributed by atoms with van der Waals surface area (Å²) < 4.78 is 25.3. The minimum absolute atomic E-state index is 0.0448. The lowest BCUT2D eigenvalue weighted by atomic mass is 9.89. The van der Waals surface area contributed by atoms with Gasteiger partial charge in [-0.15, -0.1) is 0 Å². The molecule has 4 N–H and O–H groups in total. The summed E-state index contributed by atoms with van der Waals surface area (Å²) in [7, 11) is -3.11. The molecule has 2 saturated heterocycles. The molecule has 1 amide bonds. The average molecular weight is 556 g/mol. The predicted molar refractivity (Wildman–Crippen MR) is 153 cm³/mol. The number of benzene rings is 1. The number of nitrogens with zero attached hydrogens (tertiary/aromatic N) is 3. The molecule has 0 radical (unpaired) electrons. The van der Waals surface area contributed by atoms with Gasteiger partial charge in [-0.05, 0) is 61.6 Å². The van der Waals surface area contributed by atoms with Gasteiger partial charge in [0.15, 0.2) is 0 Å². The molecule has 2 atom stereocenters. The molecule has 1 aromatic carbocycles. The van der Waals surface area contributed by atoms with E-state index in [2.05, 4.69) is 46.4 Å². The van der Waals surface area contributed by atoms with E-state index in [4.69, 9.17) is 5.73 Å². The van der Waals surface area contributed by atoms with E-state index in [1.54, 1.807) is 10.5 Å². The highest BCUT2D eigenvalue weighted by Crippen LogP contribution is 2.36. The maximum absolute atomic E-state index is 13.0. The zero-order chi connectivity index (χ0) is 27.7. The molecule has 212 valence electrons. The second-order valence-corrected chi connectivity index (χ2v) is 13.7. The number of aliphatic hydroxyl groups excluding tert-OH is 1. The van der Waals surface area contributed by atoms with Crippen LogP contribution in [-0.4, -0.2) is 84.2 Å². The number of aliphatic hydroxyl groups is 1. The Hall–Kier alpha value is -2.53. The Morgan fingerprint density at radius 3 is 2.33 bits per heavy atom. The van der Waals surface area contributed by atoms with Gasteiger partial charge in [0.1, 0.15) is 5.82 Å². The van der Waals surface area contributed by atoms with Crippen LogP contribution >= 0.6 is 0 Å². The maximum Gasteiger partial charge on any atom is 0.255 e. The third kappa shape index (κ3) is 6.45. The van der Waals surface area contributed by atoms with Crippen molar-refractivity contribution < 1.29 is 18.3 Å². The highest BCUT2D eigenvalue weighted by molar-refractivity contribution is 7.88. The molecule has 3 aliphatic rings. The number of nitrogen functional groups attached to an aromatic ring is 1. The van der Waals surface area contributed by atoms with E-state index in [9.17, 15) is 18.3 Å². The van der Waals surface area contributed by atoms with Crippen molar-refractivity contribution in [2.75, 3.05) is 38.2 Å². The summed E-state index contributed by atoms with van der Waals surface area (Å²) in [6.07, 6.45) is 7.42. The number of rotatable bonds is 6. The molecule has 3 heterocycles. The van der Waals surface area contributed by atoms with Crippen LogP contribution in [0.3, 0.4) is 0 Å². The molecule has 10 heteroatoms. The Kier molecular flexibility index (Phi) is 8.28. The number of nitrogens with one attached hydrogen (secondary N) is 1. The van der Waals surface area contributed by atoms with Crippen molar-refractivity contribution in [2.45, 2.75) is 69.6 Å². The zero-order valence-corrected chi connectivity index (χ0v) is 23.7. The lowest BCUT2D eigenvalue weighted by Crippen LogP contribution is -2.45. The number of hydrogen-bond donors (Lipinski definition) is 3. The quantitative estimate of drug-likeness (QED) is 0.500. The van der Waals surface area contributed by atoms with Crippen LogP contribution in [0.15, 0.2) is 36.5 Å². The largest absolute Gasteiger partial charge is 0.393 e. The van der Waals surface area contributed by atoms with Gasteiger partial charge in [0.25, 0.3) is 5.91 Å². The minimum Gasteiger partial charge on any atom is -0.393 e. The fourth-order valence-electron chi connectivity index (χ4n) is 6.50. The second-order valence-electron chi connectivity index (χ2n) is 11.7. The summed E-state index contributed by atoms with van der Waals surface area (Å²) in [5, 5.41) is 12.8. The monoisotopic (exact) mass is 555 g/mol. The lowest BCUT2D eigenvalue weighted by molar-refractivity contribution is 0.0868. The van der Waals surface area contributed by atoms with Crippen LogP contribution in [0.5, 0.6) is 0 Å². The number of amides is 1. The molecule has 2 aromatic rings. The van der Waals surface area contributed by atoms with E-state index < -0.39 is 10.0 Å². The van der Waals surface area contributed by atoms with Gasteiger partial charge in [-0.25, -0.2) is 17.7 Å². The number of nitrogens with two attached hydrogens (primary N) is 1. The Balaban J connectivity index is 1.23. The Labute approximate surface area is 231 Å². The third-order valence-corrected chi connectivity index (χ3v) is 10.2. The van der Waals surface area contributed by atoms with Gasteiger partial charge in [-0.2, -0.15) is 0 Å². The number of aromatic nitrogens is 1. The Bertz CT molecular complexity index is 1270. The SMILES string of the molecule is C[C@@H]1CN(C2CCN(S(C)(=O)=O)CC2)C[C@H]1c1ccc(-c2cnc(N)c(C(=O)N[C@H]3CC[C@H](O)CC3)c2)cc1. The van der Waals surface area contributed by atoms with Crippen LogP contribution in [0.1, 0.15) is 67.3 Å². The normalized spacial score (nSPS) is 27.5. The lowest BCUT2D eigenvalue weighted by Gasteiger charge is -2.35. The van der Waals surface area contributed by atoms with E-state index in [1.165, 1.54) is 11.8 Å². The van der Waals surface area contributed by atoms with E-state index in [0.717, 1.165) is 49.9 Å². The van der Waals surface area contributed by atoms with Crippen molar-refractivity contribution in [3.05, 3.63) is 47.7 Å². The standard InChI is InChI=1S/C29H41N5O4S/c1-19-17-33(24-11-13-34(14-12-24)39(2,37)38)18-27(19)21-5-3-20(4-6-21)22-15-26(28(30)31-16-22)29(36)32-23-7-9-25(35)10-8-23/h3-6,15-16,19,23-25,27,35H,7-14,17-18H2,1-2H3,(H2,30,31)(H,32,36)/t19-,23-,25-,27-/m1/s1. The van der Waals surface area contributed by atoms with E-state index >= 15 is 0 Å². The number of piperidine rings is 1. The number of anilines is 1. The van der Waals surface area contributed by atoms with E-state index in [1.807, 2.05) is 6.07 Å². The first kappa shape index (κ1) is 28.0. The number of sulfonamides is 1. The third-order valence-electron chi connectivity index (χ3n) is 8.92. The van der Waals surface area contributed by atoms with E-state index in [0.29, 0.717) is 49.4 Å². The summed E-state index contributed by atoms with van der Waals surface area (Å²) >= 11 is 0. The first-order valence-corrected chi connectivity index (χ1v) is 16.0. The van der Waals surface area contributed by atoms with Crippen molar-refractivity contribution in [1.29, 1.82) is 0 Å². The van der Waals surface area contributed by atoms with Gasteiger partial charge >= 0.3 is 0 Å². The van der Waals surface area contributed by atoms with Crippen molar-refractivity contribution in [3.63, 3.8) is 0 Å². The minimum atomic E-state index is -3.11. The predicted octanol–water partition coefficient (Wildman–Crippen LogP) is 2.82. The molecule has 1 aliphatic carbocycles. The number of hydrogen-bond acceptors (Lipinski definition) is 7. The Morgan fingerprint density at radius 1 is 1.03 bits per heavy atom. The molecule has 1 aromatic heterocycles. The Morgan fingerprint density at radius 2 is 1.69 bits per heavy atom. The first-order chi connectivity index (χ1) is 18.6. The molecule has 2 aliphatic heterocycles. The highest BCUT2D eigenvalue weighted by atomic mass is 32.2.